The van der Waals surface area contributed by atoms with Crippen molar-refractivity contribution in [2.75, 3.05) is 12.3 Å². The van der Waals surface area contributed by atoms with Crippen LogP contribution < -0.4 is 5.32 Å². The van der Waals surface area contributed by atoms with Gasteiger partial charge in [0, 0.05) is 29.4 Å². The number of hydrogen-bond donors (Lipinski definition) is 1. The molecule has 0 aliphatic heterocycles. The van der Waals surface area contributed by atoms with Crippen molar-refractivity contribution in [3.8, 4) is 0 Å². The Labute approximate surface area is 207 Å². The summed E-state index contributed by atoms with van der Waals surface area (Å²) >= 11 is 19.5. The minimum atomic E-state index is -0.638. The van der Waals surface area contributed by atoms with E-state index in [-0.39, 0.29) is 29.9 Å². The van der Waals surface area contributed by atoms with Crippen LogP contribution in [0.5, 0.6) is 0 Å². The zero-order chi connectivity index (χ0) is 23.7. The molecular weight excluding hydrogens is 494 g/mol. The van der Waals surface area contributed by atoms with Crippen LogP contribution in [-0.4, -0.2) is 35.1 Å². The summed E-state index contributed by atoms with van der Waals surface area (Å²) < 4.78 is 14.0. The van der Waals surface area contributed by atoms with Crippen LogP contribution in [0.1, 0.15) is 37.8 Å². The molecule has 1 N–H and O–H groups in total. The van der Waals surface area contributed by atoms with E-state index in [0.29, 0.717) is 33.6 Å². The van der Waals surface area contributed by atoms with E-state index in [0.717, 1.165) is 12.0 Å². The van der Waals surface area contributed by atoms with Gasteiger partial charge < -0.3 is 10.2 Å². The first-order chi connectivity index (χ1) is 15.3. The van der Waals surface area contributed by atoms with Crippen LogP contribution in [0.3, 0.4) is 0 Å². The molecule has 0 spiro atoms. The molecule has 0 aromatic heterocycles. The Morgan fingerprint density at radius 1 is 1.09 bits per heavy atom. The monoisotopic (exact) mass is 518 g/mol. The van der Waals surface area contributed by atoms with Crippen molar-refractivity contribution in [3.05, 3.63) is 68.4 Å². The highest BCUT2D eigenvalue weighted by molar-refractivity contribution is 7.99. The highest BCUT2D eigenvalue weighted by atomic mass is 35.5. The molecule has 0 aliphatic rings. The molecule has 0 bridgehead atoms. The van der Waals surface area contributed by atoms with Crippen molar-refractivity contribution in [2.45, 2.75) is 45.0 Å². The smallest absolute Gasteiger partial charge is 0.242 e. The molecule has 0 fully saturated rings. The lowest BCUT2D eigenvalue weighted by atomic mass is 10.1. The standard InChI is InChI=1S/C23H26Cl3FN2O2S/c1-3-10-28-23(31)21(4-2)29(12-15-8-9-18(25)19(26)11-15)22(30)14-32-13-16-17(24)6-5-7-20(16)27/h5-9,11,21H,3-4,10,12-14H2,1-2H3,(H,28,31)/t21-/m1/s1. The van der Waals surface area contributed by atoms with Crippen LogP contribution in [0, 0.1) is 5.82 Å². The van der Waals surface area contributed by atoms with E-state index in [1.807, 2.05) is 13.8 Å². The highest BCUT2D eigenvalue weighted by Gasteiger charge is 2.28. The average molecular weight is 520 g/mol. The minimum absolute atomic E-state index is 0.0730. The molecule has 0 unspecified atom stereocenters. The number of nitrogens with zero attached hydrogens (tertiary/aromatic N) is 1. The fourth-order valence-electron chi connectivity index (χ4n) is 3.11. The first-order valence-corrected chi connectivity index (χ1v) is 12.6. The largest absolute Gasteiger partial charge is 0.354 e. The van der Waals surface area contributed by atoms with E-state index in [1.54, 1.807) is 29.2 Å². The topological polar surface area (TPSA) is 49.4 Å². The van der Waals surface area contributed by atoms with Gasteiger partial charge >= 0.3 is 0 Å². The predicted octanol–water partition coefficient (Wildman–Crippen LogP) is 6.35. The number of halogens is 4. The van der Waals surface area contributed by atoms with Crippen molar-refractivity contribution >= 4 is 58.4 Å². The summed E-state index contributed by atoms with van der Waals surface area (Å²) in [6.45, 7) is 4.56. The maximum absolute atomic E-state index is 14.0. The van der Waals surface area contributed by atoms with E-state index in [1.165, 1.54) is 23.9 Å². The molecule has 0 aliphatic carbocycles. The third kappa shape index (κ3) is 7.55. The van der Waals surface area contributed by atoms with Crippen LogP contribution >= 0.6 is 46.6 Å². The van der Waals surface area contributed by atoms with Crippen molar-refractivity contribution < 1.29 is 14.0 Å². The molecular formula is C23H26Cl3FN2O2S. The van der Waals surface area contributed by atoms with E-state index < -0.39 is 11.9 Å². The van der Waals surface area contributed by atoms with Gasteiger partial charge in [-0.3, -0.25) is 9.59 Å². The van der Waals surface area contributed by atoms with Gasteiger partial charge in [0.15, 0.2) is 0 Å². The van der Waals surface area contributed by atoms with Gasteiger partial charge in [-0.15, -0.1) is 11.8 Å². The number of nitrogens with one attached hydrogen (secondary N) is 1. The summed E-state index contributed by atoms with van der Waals surface area (Å²) in [5, 5.41) is 3.98. The normalized spacial score (nSPS) is 11.8. The van der Waals surface area contributed by atoms with Crippen LogP contribution in [0.25, 0.3) is 0 Å². The lowest BCUT2D eigenvalue weighted by molar-refractivity contribution is -0.139. The number of hydrogen-bond acceptors (Lipinski definition) is 3. The molecule has 0 saturated heterocycles. The molecule has 4 nitrogen and oxygen atoms in total. The Hall–Kier alpha value is -1.47. The SMILES string of the molecule is CCCNC(=O)[C@@H](CC)N(Cc1ccc(Cl)c(Cl)c1)C(=O)CSCc1c(F)cccc1Cl. The molecule has 9 heteroatoms. The van der Waals surface area contributed by atoms with Gasteiger partial charge in [0.25, 0.3) is 0 Å². The summed E-state index contributed by atoms with van der Waals surface area (Å²) in [7, 11) is 0. The van der Waals surface area contributed by atoms with Gasteiger partial charge in [-0.05, 0) is 42.7 Å². The number of rotatable bonds is 11. The van der Waals surface area contributed by atoms with E-state index in [2.05, 4.69) is 5.32 Å². The Kier molecular flexibility index (Phi) is 11.1. The number of benzene rings is 2. The van der Waals surface area contributed by atoms with Crippen molar-refractivity contribution in [2.24, 2.45) is 0 Å². The van der Waals surface area contributed by atoms with Crippen molar-refractivity contribution in [3.63, 3.8) is 0 Å². The number of carbonyl (C=O) groups is 2. The fraction of sp³-hybridized carbons (Fsp3) is 0.391. The van der Waals surface area contributed by atoms with Crippen molar-refractivity contribution in [1.29, 1.82) is 0 Å². The summed E-state index contributed by atoms with van der Waals surface area (Å²) in [4.78, 5) is 27.5. The Morgan fingerprint density at radius 3 is 2.47 bits per heavy atom. The Morgan fingerprint density at radius 2 is 1.84 bits per heavy atom. The van der Waals surface area contributed by atoms with Gasteiger partial charge in [-0.25, -0.2) is 4.39 Å². The van der Waals surface area contributed by atoms with Gasteiger partial charge in [0.05, 0.1) is 15.8 Å². The second-order valence-corrected chi connectivity index (χ2v) is 9.39. The molecule has 2 amide bonds. The maximum Gasteiger partial charge on any atom is 0.242 e. The summed E-state index contributed by atoms with van der Waals surface area (Å²) in [5.41, 5.74) is 1.12. The molecule has 2 rings (SSSR count). The fourth-order valence-corrected chi connectivity index (χ4v) is 4.68. The Bertz CT molecular complexity index is 925. The maximum atomic E-state index is 14.0. The summed E-state index contributed by atoms with van der Waals surface area (Å²) in [5.74, 6) is -0.521. The highest BCUT2D eigenvalue weighted by Crippen LogP contribution is 2.26. The lowest BCUT2D eigenvalue weighted by Gasteiger charge is -2.30. The minimum Gasteiger partial charge on any atom is -0.354 e. The Balaban J connectivity index is 2.18. The van der Waals surface area contributed by atoms with E-state index in [9.17, 15) is 14.0 Å². The molecule has 32 heavy (non-hydrogen) atoms. The predicted molar refractivity (Wildman–Crippen MR) is 132 cm³/mol. The van der Waals surface area contributed by atoms with Crippen LogP contribution in [-0.2, 0) is 21.9 Å². The first-order valence-electron chi connectivity index (χ1n) is 10.3. The third-order valence-electron chi connectivity index (χ3n) is 4.81. The zero-order valence-corrected chi connectivity index (χ0v) is 21.1. The average Bonchev–Trinajstić information content (AvgIpc) is 2.76. The zero-order valence-electron chi connectivity index (χ0n) is 18.0. The van der Waals surface area contributed by atoms with Gasteiger partial charge in [0.1, 0.15) is 11.9 Å². The summed E-state index contributed by atoms with van der Waals surface area (Å²) in [6, 6.07) is 8.98. The number of carbonyl (C=O) groups excluding carboxylic acids is 2. The lowest BCUT2D eigenvalue weighted by Crippen LogP contribution is -2.49. The van der Waals surface area contributed by atoms with Gasteiger partial charge in [-0.2, -0.15) is 0 Å². The van der Waals surface area contributed by atoms with Crippen LogP contribution in [0.4, 0.5) is 4.39 Å². The summed E-state index contributed by atoms with van der Waals surface area (Å²) in [6.07, 6.45) is 1.24. The molecule has 1 atom stereocenters. The first kappa shape index (κ1) is 26.8. The molecule has 0 radical (unpaired) electrons. The number of amides is 2. The molecule has 0 saturated carbocycles. The molecule has 174 valence electrons. The van der Waals surface area contributed by atoms with E-state index >= 15 is 0 Å². The van der Waals surface area contributed by atoms with E-state index in [4.69, 9.17) is 34.8 Å². The molecule has 0 heterocycles. The second kappa shape index (κ2) is 13.3. The van der Waals surface area contributed by atoms with Gasteiger partial charge in [-0.1, -0.05) is 60.8 Å². The second-order valence-electron chi connectivity index (χ2n) is 7.18. The van der Waals surface area contributed by atoms with Crippen LogP contribution in [0.2, 0.25) is 15.1 Å². The van der Waals surface area contributed by atoms with Crippen molar-refractivity contribution in [1.82, 2.24) is 10.2 Å². The third-order valence-corrected chi connectivity index (χ3v) is 6.84. The number of thioether (sulfide) groups is 1. The molecule has 2 aromatic rings. The van der Waals surface area contributed by atoms with Crippen LogP contribution in [0.15, 0.2) is 36.4 Å². The molecule has 2 aromatic carbocycles. The van der Waals surface area contributed by atoms with Gasteiger partial charge in [0.2, 0.25) is 11.8 Å². The quantitative estimate of drug-likeness (QED) is 0.376.